The maximum Gasteiger partial charge on any atom is 0.227 e. The van der Waals surface area contributed by atoms with E-state index in [-0.39, 0.29) is 5.92 Å². The minimum absolute atomic E-state index is 0.211. The average molecular weight is 618 g/mol. The quantitative estimate of drug-likeness (QED) is 0.179. The van der Waals surface area contributed by atoms with Crippen molar-refractivity contribution in [2.75, 3.05) is 0 Å². The molecule has 3 nitrogen and oxygen atoms in total. The lowest BCUT2D eigenvalue weighted by Gasteiger charge is -2.19. The van der Waals surface area contributed by atoms with E-state index in [9.17, 15) is 0 Å². The zero-order valence-corrected chi connectivity index (χ0v) is 26.2. The summed E-state index contributed by atoms with van der Waals surface area (Å²) >= 11 is 0. The highest BCUT2D eigenvalue weighted by molar-refractivity contribution is 6.16. The van der Waals surface area contributed by atoms with Gasteiger partial charge in [0, 0.05) is 16.9 Å². The number of benzene rings is 7. The van der Waals surface area contributed by atoms with Crippen molar-refractivity contribution in [1.82, 2.24) is 4.98 Å². The molecule has 9 aromatic rings. The second kappa shape index (κ2) is 11.9. The van der Waals surface area contributed by atoms with Crippen LogP contribution in [0.25, 0.3) is 66.7 Å². The van der Waals surface area contributed by atoms with Crippen LogP contribution in [0.2, 0.25) is 0 Å². The fraction of sp³-hybridized carbons (Fsp3) is 0.0444. The van der Waals surface area contributed by atoms with Gasteiger partial charge in [-0.2, -0.15) is 0 Å². The van der Waals surface area contributed by atoms with Crippen molar-refractivity contribution < 1.29 is 8.83 Å². The Morgan fingerprint density at radius 3 is 1.81 bits per heavy atom. The van der Waals surface area contributed by atoms with Gasteiger partial charge in [-0.1, -0.05) is 140 Å². The molecule has 1 unspecified atom stereocenters. The summed E-state index contributed by atoms with van der Waals surface area (Å²) in [6.45, 7) is 0. The summed E-state index contributed by atoms with van der Waals surface area (Å²) in [5.74, 6) is 0.822. The minimum atomic E-state index is 0.211. The van der Waals surface area contributed by atoms with Crippen LogP contribution in [0.3, 0.4) is 0 Å². The van der Waals surface area contributed by atoms with E-state index in [0.717, 1.165) is 45.0 Å². The average Bonchev–Trinajstić information content (AvgIpc) is 3.77. The molecule has 228 valence electrons. The van der Waals surface area contributed by atoms with Gasteiger partial charge >= 0.3 is 0 Å². The molecule has 0 radical (unpaired) electrons. The molecule has 7 aromatic carbocycles. The molecule has 0 saturated heterocycles. The lowest BCUT2D eigenvalue weighted by molar-refractivity contribution is 0.622. The van der Waals surface area contributed by atoms with Gasteiger partial charge in [0.2, 0.25) is 5.89 Å². The predicted molar refractivity (Wildman–Crippen MR) is 196 cm³/mol. The highest BCUT2D eigenvalue weighted by atomic mass is 16.4. The van der Waals surface area contributed by atoms with Crippen molar-refractivity contribution in [1.29, 1.82) is 0 Å². The number of para-hydroxylation sites is 1. The van der Waals surface area contributed by atoms with Crippen LogP contribution in [0.1, 0.15) is 22.6 Å². The first kappa shape index (κ1) is 28.1. The zero-order chi connectivity index (χ0) is 31.9. The molecule has 2 heterocycles. The summed E-state index contributed by atoms with van der Waals surface area (Å²) in [6, 6.07) is 59.8. The third kappa shape index (κ3) is 5.06. The van der Waals surface area contributed by atoms with Crippen LogP contribution in [-0.4, -0.2) is 4.98 Å². The van der Waals surface area contributed by atoms with Crippen LogP contribution < -0.4 is 0 Å². The molecule has 2 aromatic heterocycles. The molecule has 0 aliphatic rings. The van der Waals surface area contributed by atoms with Crippen molar-refractivity contribution in [2.24, 2.45) is 0 Å². The monoisotopic (exact) mass is 617 g/mol. The maximum atomic E-state index is 6.41. The standard InChI is InChI=1S/C45H31NO2/c1-3-11-31(12-4-1)36-15-7-8-16-37(36)33-23-25-34(26-24-33)39(32-13-5-2-6-14-32)29-30-19-21-35(22-20-30)45-46-40-27-28-42-43(44(40)48-45)38-17-9-10-18-41(38)47-42/h1-28,39H,29H2. The number of nitrogens with zero attached hydrogens (tertiary/aromatic N) is 1. The number of hydrogen-bond acceptors (Lipinski definition) is 3. The SMILES string of the molecule is c1ccc(-c2ccccc2-c2ccc(C(Cc3ccc(-c4nc5ccc6oc7ccccc7c6c5o4)cc3)c3ccccc3)cc2)cc1. The van der Waals surface area contributed by atoms with Crippen LogP contribution in [-0.2, 0) is 6.42 Å². The molecule has 0 N–H and O–H groups in total. The Morgan fingerprint density at radius 2 is 1.06 bits per heavy atom. The number of fused-ring (bicyclic) bond motifs is 5. The molecular formula is C45H31NO2. The lowest BCUT2D eigenvalue weighted by Crippen LogP contribution is -2.05. The summed E-state index contributed by atoms with van der Waals surface area (Å²) in [7, 11) is 0. The van der Waals surface area contributed by atoms with E-state index in [1.54, 1.807) is 0 Å². The third-order valence-electron chi connectivity index (χ3n) is 9.37. The van der Waals surface area contributed by atoms with Gasteiger partial charge in [0.05, 0.1) is 5.39 Å². The first-order valence-corrected chi connectivity index (χ1v) is 16.4. The molecule has 9 rings (SSSR count). The van der Waals surface area contributed by atoms with Crippen molar-refractivity contribution >= 4 is 33.0 Å². The normalized spacial score (nSPS) is 12.2. The molecule has 0 saturated carbocycles. The summed E-state index contributed by atoms with van der Waals surface area (Å²) in [4.78, 5) is 4.86. The summed E-state index contributed by atoms with van der Waals surface area (Å²) in [5, 5.41) is 2.01. The van der Waals surface area contributed by atoms with E-state index in [1.807, 2.05) is 30.3 Å². The highest BCUT2D eigenvalue weighted by Gasteiger charge is 2.18. The largest absolute Gasteiger partial charge is 0.456 e. The first-order chi connectivity index (χ1) is 23.8. The Labute approximate surface area is 278 Å². The van der Waals surface area contributed by atoms with Crippen molar-refractivity contribution in [3.05, 3.63) is 187 Å². The Bertz CT molecular complexity index is 2510. The van der Waals surface area contributed by atoms with Crippen molar-refractivity contribution in [3.63, 3.8) is 0 Å². The van der Waals surface area contributed by atoms with Crippen LogP contribution in [0, 0.1) is 0 Å². The maximum absolute atomic E-state index is 6.41. The van der Waals surface area contributed by atoms with Gasteiger partial charge in [-0.05, 0) is 75.7 Å². The second-order valence-corrected chi connectivity index (χ2v) is 12.3. The van der Waals surface area contributed by atoms with Crippen LogP contribution in [0.4, 0.5) is 0 Å². The van der Waals surface area contributed by atoms with Gasteiger partial charge in [-0.3, -0.25) is 0 Å². The van der Waals surface area contributed by atoms with E-state index in [0.29, 0.717) is 5.89 Å². The highest BCUT2D eigenvalue weighted by Crippen LogP contribution is 2.38. The molecule has 0 spiro atoms. The number of rotatable bonds is 7. The molecule has 3 heteroatoms. The number of hydrogen-bond donors (Lipinski definition) is 0. The Kier molecular flexibility index (Phi) is 6.94. The lowest BCUT2D eigenvalue weighted by atomic mass is 9.85. The Morgan fingerprint density at radius 1 is 0.458 bits per heavy atom. The topological polar surface area (TPSA) is 39.2 Å². The summed E-state index contributed by atoms with van der Waals surface area (Å²) in [5.41, 5.74) is 13.0. The van der Waals surface area contributed by atoms with E-state index in [1.165, 1.54) is 38.9 Å². The van der Waals surface area contributed by atoms with Gasteiger partial charge in [-0.15, -0.1) is 0 Å². The predicted octanol–water partition coefficient (Wildman–Crippen LogP) is 12.1. The molecule has 48 heavy (non-hydrogen) atoms. The first-order valence-electron chi connectivity index (χ1n) is 16.4. The summed E-state index contributed by atoms with van der Waals surface area (Å²) in [6.07, 6.45) is 0.874. The third-order valence-corrected chi connectivity index (χ3v) is 9.37. The molecule has 0 aliphatic heterocycles. The second-order valence-electron chi connectivity index (χ2n) is 12.3. The van der Waals surface area contributed by atoms with E-state index >= 15 is 0 Å². The number of oxazole rings is 1. The van der Waals surface area contributed by atoms with Gasteiger partial charge in [0.25, 0.3) is 0 Å². The fourth-order valence-electron chi connectivity index (χ4n) is 6.95. The van der Waals surface area contributed by atoms with Crippen molar-refractivity contribution in [2.45, 2.75) is 12.3 Å². The number of aromatic nitrogens is 1. The molecule has 0 amide bonds. The molecular weight excluding hydrogens is 587 g/mol. The smallest absolute Gasteiger partial charge is 0.227 e. The minimum Gasteiger partial charge on any atom is -0.456 e. The van der Waals surface area contributed by atoms with Gasteiger partial charge in [0.1, 0.15) is 16.7 Å². The Hall–Kier alpha value is -6.19. The molecule has 0 fully saturated rings. The van der Waals surface area contributed by atoms with Gasteiger partial charge < -0.3 is 8.83 Å². The van der Waals surface area contributed by atoms with E-state index in [4.69, 9.17) is 13.8 Å². The van der Waals surface area contributed by atoms with Crippen LogP contribution >= 0.6 is 0 Å². The fourth-order valence-corrected chi connectivity index (χ4v) is 6.95. The molecule has 0 aliphatic carbocycles. The Balaban J connectivity index is 1.02. The van der Waals surface area contributed by atoms with E-state index < -0.39 is 0 Å². The van der Waals surface area contributed by atoms with Crippen molar-refractivity contribution in [3.8, 4) is 33.7 Å². The molecule has 1 atom stereocenters. The van der Waals surface area contributed by atoms with E-state index in [2.05, 4.69) is 140 Å². The zero-order valence-electron chi connectivity index (χ0n) is 26.2. The van der Waals surface area contributed by atoms with Gasteiger partial charge in [0.15, 0.2) is 5.58 Å². The van der Waals surface area contributed by atoms with Crippen LogP contribution in [0.15, 0.2) is 179 Å². The van der Waals surface area contributed by atoms with Crippen LogP contribution in [0.5, 0.6) is 0 Å². The summed E-state index contributed by atoms with van der Waals surface area (Å²) < 4.78 is 12.5. The molecule has 0 bridgehead atoms. The van der Waals surface area contributed by atoms with Gasteiger partial charge in [-0.25, -0.2) is 4.98 Å². The number of furan rings is 1.